The van der Waals surface area contributed by atoms with Crippen molar-refractivity contribution in [1.82, 2.24) is 15.2 Å². The van der Waals surface area contributed by atoms with Gasteiger partial charge in [0.15, 0.2) is 5.96 Å². The standard InChI is InChI=1S/C16H26N4S2/c1-13-18-10-14(22-13)11-19-15(17-2)20-8-9-21-16(12-20)6-4-3-5-7-16/h10H,3-9,11-12H2,1-2H3,(H,17,19). The third-order valence-corrected chi connectivity index (χ3v) is 7.06. The summed E-state index contributed by atoms with van der Waals surface area (Å²) in [5, 5.41) is 4.65. The lowest BCUT2D eigenvalue weighted by molar-refractivity contribution is 0.293. The van der Waals surface area contributed by atoms with Crippen LogP contribution in [0.1, 0.15) is 42.0 Å². The molecule has 0 aromatic carbocycles. The number of hydrogen-bond acceptors (Lipinski definition) is 4. The Bertz CT molecular complexity index is 514. The van der Waals surface area contributed by atoms with Crippen molar-refractivity contribution >= 4 is 29.1 Å². The Morgan fingerprint density at radius 3 is 2.91 bits per heavy atom. The van der Waals surface area contributed by atoms with Gasteiger partial charge in [0, 0.05) is 41.7 Å². The van der Waals surface area contributed by atoms with E-state index in [4.69, 9.17) is 0 Å². The van der Waals surface area contributed by atoms with Crippen molar-refractivity contribution in [2.75, 3.05) is 25.9 Å². The van der Waals surface area contributed by atoms with Crippen LogP contribution in [0, 0.1) is 6.92 Å². The van der Waals surface area contributed by atoms with Crippen molar-refractivity contribution in [2.45, 2.75) is 50.3 Å². The predicted octanol–water partition coefficient (Wildman–Crippen LogP) is 3.28. The topological polar surface area (TPSA) is 40.5 Å². The molecule has 6 heteroatoms. The molecule has 2 fully saturated rings. The Kier molecular flexibility index (Phi) is 5.29. The van der Waals surface area contributed by atoms with E-state index in [0.29, 0.717) is 4.75 Å². The number of aryl methyl sites for hydroxylation is 1. The van der Waals surface area contributed by atoms with E-state index in [1.54, 1.807) is 11.3 Å². The van der Waals surface area contributed by atoms with Crippen LogP contribution >= 0.6 is 23.1 Å². The highest BCUT2D eigenvalue weighted by Crippen LogP contribution is 2.42. The van der Waals surface area contributed by atoms with Gasteiger partial charge in [0.1, 0.15) is 0 Å². The van der Waals surface area contributed by atoms with Gasteiger partial charge in [-0.2, -0.15) is 11.8 Å². The molecule has 122 valence electrons. The third kappa shape index (κ3) is 3.77. The zero-order valence-corrected chi connectivity index (χ0v) is 15.2. The fourth-order valence-electron chi connectivity index (χ4n) is 3.51. The molecule has 0 unspecified atom stereocenters. The first-order valence-electron chi connectivity index (χ1n) is 8.22. The maximum absolute atomic E-state index is 4.52. The predicted molar refractivity (Wildman–Crippen MR) is 96.9 cm³/mol. The molecule has 1 saturated carbocycles. The van der Waals surface area contributed by atoms with Crippen LogP contribution in [0.25, 0.3) is 0 Å². The quantitative estimate of drug-likeness (QED) is 0.664. The zero-order chi connectivity index (χ0) is 15.4. The van der Waals surface area contributed by atoms with Gasteiger partial charge in [-0.25, -0.2) is 4.98 Å². The van der Waals surface area contributed by atoms with Crippen molar-refractivity contribution < 1.29 is 0 Å². The summed E-state index contributed by atoms with van der Waals surface area (Å²) >= 11 is 3.96. The minimum atomic E-state index is 0.481. The fraction of sp³-hybridized carbons (Fsp3) is 0.750. The van der Waals surface area contributed by atoms with Gasteiger partial charge < -0.3 is 10.2 Å². The molecule has 0 atom stereocenters. The molecular weight excluding hydrogens is 312 g/mol. The van der Waals surface area contributed by atoms with Gasteiger partial charge in [-0.3, -0.25) is 4.99 Å². The Hall–Kier alpha value is -0.750. The lowest BCUT2D eigenvalue weighted by Crippen LogP contribution is -2.53. The number of nitrogens with one attached hydrogen (secondary N) is 1. The van der Waals surface area contributed by atoms with Gasteiger partial charge in [-0.05, 0) is 19.8 Å². The normalized spacial score (nSPS) is 22.1. The molecule has 2 heterocycles. The van der Waals surface area contributed by atoms with Crippen LogP contribution in [-0.4, -0.2) is 46.5 Å². The van der Waals surface area contributed by atoms with E-state index in [1.165, 1.54) is 42.7 Å². The first kappa shape index (κ1) is 16.1. The summed E-state index contributed by atoms with van der Waals surface area (Å²) in [5.41, 5.74) is 0. The molecule has 2 aliphatic rings. The molecule has 1 aromatic rings. The molecular formula is C16H26N4S2. The zero-order valence-electron chi connectivity index (χ0n) is 13.6. The molecule has 1 spiro atoms. The van der Waals surface area contributed by atoms with E-state index in [0.717, 1.165) is 30.6 Å². The van der Waals surface area contributed by atoms with Gasteiger partial charge in [-0.1, -0.05) is 19.3 Å². The average Bonchev–Trinajstić information content (AvgIpc) is 2.94. The second kappa shape index (κ2) is 7.21. The molecule has 1 aromatic heterocycles. The summed E-state index contributed by atoms with van der Waals surface area (Å²) in [6, 6.07) is 0. The highest BCUT2D eigenvalue weighted by atomic mass is 32.2. The van der Waals surface area contributed by atoms with Crippen LogP contribution in [0.3, 0.4) is 0 Å². The lowest BCUT2D eigenvalue weighted by Gasteiger charge is -2.45. The average molecular weight is 339 g/mol. The van der Waals surface area contributed by atoms with Crippen molar-refractivity contribution in [3.05, 3.63) is 16.1 Å². The first-order valence-corrected chi connectivity index (χ1v) is 10.0. The van der Waals surface area contributed by atoms with Crippen LogP contribution in [-0.2, 0) is 6.54 Å². The largest absolute Gasteiger partial charge is 0.351 e. The van der Waals surface area contributed by atoms with Crippen molar-refractivity contribution in [2.24, 2.45) is 4.99 Å². The number of nitrogens with zero attached hydrogens (tertiary/aromatic N) is 3. The third-order valence-electron chi connectivity index (χ3n) is 4.61. The van der Waals surface area contributed by atoms with Gasteiger partial charge >= 0.3 is 0 Å². The van der Waals surface area contributed by atoms with E-state index in [9.17, 15) is 0 Å². The number of thiazole rings is 1. The summed E-state index contributed by atoms with van der Waals surface area (Å²) in [6.45, 7) is 5.14. The molecule has 22 heavy (non-hydrogen) atoms. The Morgan fingerprint density at radius 1 is 1.41 bits per heavy atom. The van der Waals surface area contributed by atoms with Gasteiger partial charge in [-0.15, -0.1) is 11.3 Å². The van der Waals surface area contributed by atoms with E-state index >= 15 is 0 Å². The summed E-state index contributed by atoms with van der Waals surface area (Å²) in [7, 11) is 1.90. The van der Waals surface area contributed by atoms with E-state index in [-0.39, 0.29) is 0 Å². The fourth-order valence-corrected chi connectivity index (χ4v) is 5.81. The SMILES string of the molecule is CN=C(NCc1cnc(C)s1)N1CCSC2(CCCCC2)C1. The van der Waals surface area contributed by atoms with Crippen molar-refractivity contribution in [3.63, 3.8) is 0 Å². The highest BCUT2D eigenvalue weighted by molar-refractivity contribution is 8.00. The second-order valence-corrected chi connectivity index (χ2v) is 9.14. The van der Waals surface area contributed by atoms with Crippen LogP contribution < -0.4 is 5.32 Å². The van der Waals surface area contributed by atoms with Gasteiger partial charge in [0.05, 0.1) is 11.6 Å². The molecule has 1 aliphatic heterocycles. The summed E-state index contributed by atoms with van der Waals surface area (Å²) < 4.78 is 0.481. The second-order valence-electron chi connectivity index (χ2n) is 6.26. The maximum atomic E-state index is 4.52. The van der Waals surface area contributed by atoms with Crippen LogP contribution in [0.4, 0.5) is 0 Å². The molecule has 1 saturated heterocycles. The Morgan fingerprint density at radius 2 is 2.23 bits per heavy atom. The van der Waals surface area contributed by atoms with Crippen molar-refractivity contribution in [3.8, 4) is 0 Å². The van der Waals surface area contributed by atoms with E-state index < -0.39 is 0 Å². The minimum Gasteiger partial charge on any atom is -0.351 e. The molecule has 3 rings (SSSR count). The highest BCUT2D eigenvalue weighted by Gasteiger charge is 2.38. The van der Waals surface area contributed by atoms with Crippen LogP contribution in [0.5, 0.6) is 0 Å². The molecule has 1 aliphatic carbocycles. The Balaban J connectivity index is 1.60. The Labute approximate surface area is 141 Å². The molecule has 0 radical (unpaired) electrons. The summed E-state index contributed by atoms with van der Waals surface area (Å²) in [6.07, 6.45) is 8.92. The number of rotatable bonds is 2. The number of aromatic nitrogens is 1. The number of aliphatic imine (C=N–C) groups is 1. The monoisotopic (exact) mass is 338 g/mol. The molecule has 0 bridgehead atoms. The van der Waals surface area contributed by atoms with E-state index in [2.05, 4.69) is 38.9 Å². The lowest BCUT2D eigenvalue weighted by atomic mass is 9.87. The van der Waals surface area contributed by atoms with Gasteiger partial charge in [0.25, 0.3) is 0 Å². The smallest absolute Gasteiger partial charge is 0.194 e. The van der Waals surface area contributed by atoms with Crippen LogP contribution in [0.2, 0.25) is 0 Å². The molecule has 1 N–H and O–H groups in total. The number of thioether (sulfide) groups is 1. The minimum absolute atomic E-state index is 0.481. The van der Waals surface area contributed by atoms with Gasteiger partial charge in [0.2, 0.25) is 0 Å². The van der Waals surface area contributed by atoms with Crippen molar-refractivity contribution in [1.29, 1.82) is 0 Å². The summed E-state index contributed by atoms with van der Waals surface area (Å²) in [4.78, 5) is 12.6. The maximum Gasteiger partial charge on any atom is 0.194 e. The molecule has 4 nitrogen and oxygen atoms in total. The van der Waals surface area contributed by atoms with E-state index in [1.807, 2.05) is 13.2 Å². The number of hydrogen-bond donors (Lipinski definition) is 1. The van der Waals surface area contributed by atoms with Crippen LogP contribution in [0.15, 0.2) is 11.2 Å². The summed E-state index contributed by atoms with van der Waals surface area (Å²) in [5.74, 6) is 2.27. The first-order chi connectivity index (χ1) is 10.7. The number of guanidine groups is 1. The molecule has 0 amide bonds.